The highest BCUT2D eigenvalue weighted by Gasteiger charge is 2.12. The monoisotopic (exact) mass is 265 g/mol. The van der Waals surface area contributed by atoms with Gasteiger partial charge in [0.05, 0.1) is 24.2 Å². The molecule has 0 atom stereocenters. The Morgan fingerprint density at radius 1 is 1.25 bits per heavy atom. The molecule has 0 saturated carbocycles. The van der Waals surface area contributed by atoms with Crippen molar-refractivity contribution in [3.63, 3.8) is 0 Å². The number of rotatable bonds is 1. The number of nitrogens with one attached hydrogen (secondary N) is 1. The van der Waals surface area contributed by atoms with Crippen LogP contribution in [0.3, 0.4) is 0 Å². The van der Waals surface area contributed by atoms with E-state index in [1.54, 1.807) is 13.3 Å². The second-order valence-corrected chi connectivity index (χ2v) is 4.65. The largest absolute Gasteiger partial charge is 0.496 e. The summed E-state index contributed by atoms with van der Waals surface area (Å²) in [6, 6.07) is 7.90. The van der Waals surface area contributed by atoms with Gasteiger partial charge in [-0.15, -0.1) is 0 Å². The number of pyridine rings is 1. The van der Waals surface area contributed by atoms with Crippen LogP contribution in [0, 0.1) is 0 Å². The molecule has 4 aromatic rings. The lowest BCUT2D eigenvalue weighted by molar-refractivity contribution is 0.420. The fourth-order valence-electron chi connectivity index (χ4n) is 2.72. The Bertz CT molecular complexity index is 1010. The van der Waals surface area contributed by atoms with Crippen molar-refractivity contribution in [1.82, 2.24) is 14.6 Å². The predicted octanol–water partition coefficient (Wildman–Crippen LogP) is 2.34. The van der Waals surface area contributed by atoms with E-state index < -0.39 is 0 Å². The van der Waals surface area contributed by atoms with Crippen LogP contribution in [0.15, 0.2) is 47.7 Å². The number of ether oxygens (including phenoxy) is 1. The lowest BCUT2D eigenvalue weighted by Crippen LogP contribution is -2.05. The molecule has 98 valence electrons. The van der Waals surface area contributed by atoms with Crippen molar-refractivity contribution in [2.45, 2.75) is 0 Å². The van der Waals surface area contributed by atoms with Crippen LogP contribution in [-0.2, 0) is 0 Å². The Hall–Kier alpha value is -2.82. The van der Waals surface area contributed by atoms with Crippen LogP contribution in [0.2, 0.25) is 0 Å². The first-order chi connectivity index (χ1) is 9.79. The number of hydrogen-bond acceptors (Lipinski definition) is 3. The highest BCUT2D eigenvalue weighted by Crippen LogP contribution is 2.33. The lowest BCUT2D eigenvalue weighted by atomic mass is 10.1. The summed E-state index contributed by atoms with van der Waals surface area (Å²) in [5.41, 5.74) is 0.753. The van der Waals surface area contributed by atoms with Gasteiger partial charge in [-0.2, -0.15) is 5.10 Å². The van der Waals surface area contributed by atoms with Crippen LogP contribution in [0.4, 0.5) is 0 Å². The van der Waals surface area contributed by atoms with E-state index in [0.717, 1.165) is 27.4 Å². The van der Waals surface area contributed by atoms with Gasteiger partial charge in [-0.25, -0.2) is 5.10 Å². The molecule has 5 nitrogen and oxygen atoms in total. The second kappa shape index (κ2) is 3.84. The minimum atomic E-state index is -0.186. The molecule has 3 aromatic heterocycles. The highest BCUT2D eigenvalue weighted by atomic mass is 16.5. The van der Waals surface area contributed by atoms with E-state index >= 15 is 0 Å². The molecule has 0 fully saturated rings. The zero-order valence-corrected chi connectivity index (χ0v) is 10.8. The summed E-state index contributed by atoms with van der Waals surface area (Å²) in [5.74, 6) is 0.786. The molecular formula is C15H11N3O2. The average molecular weight is 265 g/mol. The van der Waals surface area contributed by atoms with Gasteiger partial charge < -0.3 is 9.14 Å². The van der Waals surface area contributed by atoms with Gasteiger partial charge in [0.15, 0.2) is 0 Å². The summed E-state index contributed by atoms with van der Waals surface area (Å²) < 4.78 is 7.40. The van der Waals surface area contributed by atoms with Crippen LogP contribution in [-0.4, -0.2) is 21.7 Å². The minimum Gasteiger partial charge on any atom is -0.496 e. The van der Waals surface area contributed by atoms with Gasteiger partial charge in [0, 0.05) is 23.2 Å². The van der Waals surface area contributed by atoms with E-state index in [0.29, 0.717) is 5.39 Å². The maximum absolute atomic E-state index is 11.9. The third-order valence-corrected chi connectivity index (χ3v) is 3.61. The first-order valence-corrected chi connectivity index (χ1v) is 6.23. The van der Waals surface area contributed by atoms with E-state index in [1.165, 1.54) is 0 Å². The molecule has 0 aliphatic heterocycles. The third kappa shape index (κ3) is 1.31. The number of aromatic amines is 1. The van der Waals surface area contributed by atoms with Gasteiger partial charge in [0.25, 0.3) is 5.56 Å². The Labute approximate surface area is 113 Å². The van der Waals surface area contributed by atoms with Crippen molar-refractivity contribution in [3.8, 4) is 5.75 Å². The molecule has 0 saturated heterocycles. The van der Waals surface area contributed by atoms with Gasteiger partial charge in [-0.1, -0.05) is 12.1 Å². The van der Waals surface area contributed by atoms with Gasteiger partial charge in [-0.3, -0.25) is 4.79 Å². The lowest BCUT2D eigenvalue weighted by Gasteiger charge is -2.07. The summed E-state index contributed by atoms with van der Waals surface area (Å²) >= 11 is 0. The SMILES string of the molecule is COc1cccc2ccn3cc4c(=O)[nH]ncc4c3c12. The molecule has 0 radical (unpaired) electrons. The molecule has 0 aliphatic rings. The van der Waals surface area contributed by atoms with Crippen LogP contribution in [0.1, 0.15) is 0 Å². The molecule has 0 amide bonds. The van der Waals surface area contributed by atoms with E-state index in [1.807, 2.05) is 41.1 Å². The first kappa shape index (κ1) is 11.0. The third-order valence-electron chi connectivity index (χ3n) is 3.61. The fourth-order valence-corrected chi connectivity index (χ4v) is 2.72. The quantitative estimate of drug-likeness (QED) is 0.574. The zero-order chi connectivity index (χ0) is 13.7. The van der Waals surface area contributed by atoms with Crippen molar-refractivity contribution in [1.29, 1.82) is 0 Å². The average Bonchev–Trinajstić information content (AvgIpc) is 2.87. The fraction of sp³-hybridized carbons (Fsp3) is 0.0667. The molecule has 5 heteroatoms. The van der Waals surface area contributed by atoms with Crippen LogP contribution in [0.5, 0.6) is 5.75 Å². The number of aromatic nitrogens is 3. The first-order valence-electron chi connectivity index (χ1n) is 6.23. The number of H-pyrrole nitrogens is 1. The van der Waals surface area contributed by atoms with Crippen LogP contribution < -0.4 is 10.3 Å². The molecule has 1 N–H and O–H groups in total. The van der Waals surface area contributed by atoms with Gasteiger partial charge in [0.1, 0.15) is 5.75 Å². The minimum absolute atomic E-state index is 0.186. The van der Waals surface area contributed by atoms with Gasteiger partial charge in [0.2, 0.25) is 0 Å². The molecule has 4 rings (SSSR count). The molecule has 0 spiro atoms. The van der Waals surface area contributed by atoms with Crippen molar-refractivity contribution < 1.29 is 4.74 Å². The Kier molecular flexibility index (Phi) is 2.12. The highest BCUT2D eigenvalue weighted by molar-refractivity contribution is 6.12. The summed E-state index contributed by atoms with van der Waals surface area (Å²) in [5, 5.41) is 9.87. The van der Waals surface area contributed by atoms with Crippen molar-refractivity contribution >= 4 is 27.1 Å². The Balaban J connectivity index is 2.38. The van der Waals surface area contributed by atoms with E-state index in [4.69, 9.17) is 4.74 Å². The van der Waals surface area contributed by atoms with Crippen molar-refractivity contribution in [3.05, 3.63) is 53.2 Å². The van der Waals surface area contributed by atoms with E-state index in [2.05, 4.69) is 10.2 Å². The van der Waals surface area contributed by atoms with Crippen molar-refractivity contribution in [2.75, 3.05) is 7.11 Å². The summed E-state index contributed by atoms with van der Waals surface area (Å²) in [6.45, 7) is 0. The molecule has 20 heavy (non-hydrogen) atoms. The number of benzene rings is 1. The predicted molar refractivity (Wildman–Crippen MR) is 77.4 cm³/mol. The van der Waals surface area contributed by atoms with Gasteiger partial charge >= 0.3 is 0 Å². The van der Waals surface area contributed by atoms with E-state index in [9.17, 15) is 4.79 Å². The maximum atomic E-state index is 11.9. The molecule has 3 heterocycles. The number of nitrogens with zero attached hydrogens (tertiary/aromatic N) is 2. The molecule has 0 aliphatic carbocycles. The molecule has 0 bridgehead atoms. The Morgan fingerprint density at radius 3 is 3.00 bits per heavy atom. The number of fused-ring (bicyclic) bond motifs is 5. The summed E-state index contributed by atoms with van der Waals surface area (Å²) in [7, 11) is 1.65. The second-order valence-electron chi connectivity index (χ2n) is 4.65. The maximum Gasteiger partial charge on any atom is 0.273 e. The van der Waals surface area contributed by atoms with Gasteiger partial charge in [-0.05, 0) is 17.5 Å². The van der Waals surface area contributed by atoms with Crippen LogP contribution >= 0.6 is 0 Å². The molecule has 0 unspecified atom stereocenters. The standard InChI is InChI=1S/C15H11N3O2/c1-20-12-4-2-3-9-5-6-18-8-11-10(14(18)13(9)12)7-16-17-15(11)19/h2-8H,1H3,(H,17,19). The van der Waals surface area contributed by atoms with Crippen LogP contribution in [0.25, 0.3) is 27.1 Å². The smallest absolute Gasteiger partial charge is 0.273 e. The van der Waals surface area contributed by atoms with Crippen molar-refractivity contribution in [2.24, 2.45) is 0 Å². The Morgan fingerprint density at radius 2 is 2.15 bits per heavy atom. The zero-order valence-electron chi connectivity index (χ0n) is 10.8. The summed E-state index contributed by atoms with van der Waals surface area (Å²) in [6.07, 6.45) is 5.44. The summed E-state index contributed by atoms with van der Waals surface area (Å²) in [4.78, 5) is 11.9. The normalized spacial score (nSPS) is 11.4. The molecule has 1 aromatic carbocycles. The van der Waals surface area contributed by atoms with E-state index in [-0.39, 0.29) is 5.56 Å². The number of methoxy groups -OCH3 is 1. The number of hydrogen-bond donors (Lipinski definition) is 1. The molecular weight excluding hydrogens is 254 g/mol. The topological polar surface area (TPSA) is 59.4 Å².